The summed E-state index contributed by atoms with van der Waals surface area (Å²) in [4.78, 5) is 12.0. The molecule has 116 valence electrons. The van der Waals surface area contributed by atoms with E-state index in [0.717, 1.165) is 5.69 Å². The van der Waals surface area contributed by atoms with Crippen molar-refractivity contribution in [3.05, 3.63) is 42.6 Å². The van der Waals surface area contributed by atoms with Gasteiger partial charge in [-0.05, 0) is 18.6 Å². The van der Waals surface area contributed by atoms with Crippen LogP contribution in [0.5, 0.6) is 0 Å². The van der Waals surface area contributed by atoms with E-state index < -0.39 is 0 Å². The molecule has 1 aromatic heterocycles. The number of rotatable bonds is 3. The number of carbonyl (C=O) groups is 1. The average Bonchev–Trinajstić information content (AvgIpc) is 2.96. The van der Waals surface area contributed by atoms with Gasteiger partial charge in [0, 0.05) is 23.7 Å². The van der Waals surface area contributed by atoms with E-state index in [2.05, 4.69) is 15.7 Å². The fraction of sp³-hybridized carbons (Fsp3) is 0.375. The minimum atomic E-state index is -0.366. The number of nitrogens with zero attached hydrogens (tertiary/aromatic N) is 2. The summed E-state index contributed by atoms with van der Waals surface area (Å²) in [6.45, 7) is 3.88. The number of amides is 2. The highest BCUT2D eigenvalue weighted by Gasteiger charge is 2.47. The summed E-state index contributed by atoms with van der Waals surface area (Å²) < 4.78 is 1.70. The first-order chi connectivity index (χ1) is 10.5. The van der Waals surface area contributed by atoms with Crippen molar-refractivity contribution in [1.82, 2.24) is 15.1 Å². The molecule has 6 heteroatoms. The van der Waals surface area contributed by atoms with Crippen LogP contribution in [-0.2, 0) is 0 Å². The Kier molecular flexibility index (Phi) is 3.62. The smallest absolute Gasteiger partial charge is 0.320 e. The zero-order chi connectivity index (χ0) is 15.7. The van der Waals surface area contributed by atoms with Gasteiger partial charge in [0.25, 0.3) is 0 Å². The van der Waals surface area contributed by atoms with Crippen molar-refractivity contribution in [2.75, 3.05) is 5.32 Å². The Balaban J connectivity index is 1.60. The molecule has 2 aromatic rings. The maximum atomic E-state index is 12.0. The van der Waals surface area contributed by atoms with E-state index in [1.165, 1.54) is 0 Å². The lowest BCUT2D eigenvalue weighted by Gasteiger charge is -2.49. The zero-order valence-electron chi connectivity index (χ0n) is 12.7. The second-order valence-electron chi connectivity index (χ2n) is 6.21. The van der Waals surface area contributed by atoms with Crippen molar-refractivity contribution in [1.29, 1.82) is 0 Å². The lowest BCUT2D eigenvalue weighted by Crippen LogP contribution is -2.61. The number of aliphatic hydroxyl groups is 1. The first kappa shape index (κ1) is 14.6. The van der Waals surface area contributed by atoms with Crippen LogP contribution in [0.3, 0.4) is 0 Å². The summed E-state index contributed by atoms with van der Waals surface area (Å²) >= 11 is 0. The highest BCUT2D eigenvalue weighted by molar-refractivity contribution is 5.88. The number of anilines is 1. The molecule has 1 aliphatic carbocycles. The molecule has 2 atom stereocenters. The Morgan fingerprint density at radius 1 is 1.32 bits per heavy atom. The fourth-order valence-corrected chi connectivity index (χ4v) is 2.57. The van der Waals surface area contributed by atoms with Crippen LogP contribution in [0, 0.1) is 5.41 Å². The second kappa shape index (κ2) is 5.46. The number of carbonyl (C=O) groups excluding carboxylic acids is 1. The van der Waals surface area contributed by atoms with E-state index in [1.807, 2.05) is 44.2 Å². The van der Waals surface area contributed by atoms with Crippen molar-refractivity contribution >= 4 is 11.8 Å². The highest BCUT2D eigenvalue weighted by Crippen LogP contribution is 2.40. The monoisotopic (exact) mass is 300 g/mol. The van der Waals surface area contributed by atoms with Crippen LogP contribution in [0.4, 0.5) is 10.6 Å². The molecule has 2 unspecified atom stereocenters. The van der Waals surface area contributed by atoms with Crippen molar-refractivity contribution in [3.63, 3.8) is 0 Å². The second-order valence-corrected chi connectivity index (χ2v) is 6.21. The first-order valence-corrected chi connectivity index (χ1v) is 7.33. The quantitative estimate of drug-likeness (QED) is 0.812. The summed E-state index contributed by atoms with van der Waals surface area (Å²) in [6.07, 6.45) is 2.01. The van der Waals surface area contributed by atoms with Crippen LogP contribution >= 0.6 is 0 Å². The maximum absolute atomic E-state index is 12.0. The van der Waals surface area contributed by atoms with Crippen molar-refractivity contribution < 1.29 is 9.90 Å². The van der Waals surface area contributed by atoms with E-state index in [9.17, 15) is 9.90 Å². The molecule has 2 amide bonds. The van der Waals surface area contributed by atoms with E-state index in [1.54, 1.807) is 16.9 Å². The molecular formula is C16H20N4O2. The van der Waals surface area contributed by atoms with Gasteiger partial charge in [-0.1, -0.05) is 32.0 Å². The van der Waals surface area contributed by atoms with Gasteiger partial charge in [-0.2, -0.15) is 0 Å². The summed E-state index contributed by atoms with van der Waals surface area (Å²) in [5, 5.41) is 19.6. The minimum absolute atomic E-state index is 0.0290. The molecule has 1 aromatic carbocycles. The topological polar surface area (TPSA) is 79.2 Å². The number of urea groups is 1. The summed E-state index contributed by atoms with van der Waals surface area (Å²) in [6, 6.07) is 11.1. The largest absolute Gasteiger partial charge is 0.392 e. The lowest BCUT2D eigenvalue weighted by molar-refractivity contribution is -0.0673. The molecule has 1 saturated carbocycles. The Bertz CT molecular complexity index is 666. The van der Waals surface area contributed by atoms with Crippen LogP contribution in [0.2, 0.25) is 0 Å². The third kappa shape index (κ3) is 2.69. The average molecular weight is 300 g/mol. The number of aliphatic hydroxyl groups excluding tert-OH is 1. The van der Waals surface area contributed by atoms with Gasteiger partial charge in [-0.25, -0.2) is 9.48 Å². The predicted molar refractivity (Wildman–Crippen MR) is 83.9 cm³/mol. The van der Waals surface area contributed by atoms with E-state index >= 15 is 0 Å². The summed E-state index contributed by atoms with van der Waals surface area (Å²) in [7, 11) is 0. The molecule has 1 aliphatic rings. The summed E-state index contributed by atoms with van der Waals surface area (Å²) in [5.74, 6) is 0.485. The number of hydrogen-bond donors (Lipinski definition) is 3. The molecule has 3 N–H and O–H groups in total. The third-order valence-corrected chi connectivity index (χ3v) is 4.37. The number of aromatic nitrogens is 2. The van der Waals surface area contributed by atoms with Gasteiger partial charge in [0.05, 0.1) is 11.8 Å². The minimum Gasteiger partial charge on any atom is -0.392 e. The Hall–Kier alpha value is -2.34. The first-order valence-electron chi connectivity index (χ1n) is 7.33. The molecule has 0 aliphatic heterocycles. The van der Waals surface area contributed by atoms with Gasteiger partial charge in [0.1, 0.15) is 0 Å². The molecule has 1 heterocycles. The number of nitrogens with one attached hydrogen (secondary N) is 2. The molecule has 0 radical (unpaired) electrons. The van der Waals surface area contributed by atoms with Crippen LogP contribution in [0.1, 0.15) is 20.3 Å². The normalized spacial score (nSPS) is 22.7. The predicted octanol–water partition coefficient (Wildman–Crippen LogP) is 2.15. The SMILES string of the molecule is CC1(C)C(O)CC1NC(=O)Nc1ccn(-c2ccccc2)n1. The van der Waals surface area contributed by atoms with Crippen molar-refractivity contribution in [2.24, 2.45) is 5.41 Å². The summed E-state index contributed by atoms with van der Waals surface area (Å²) in [5.41, 5.74) is 0.639. The molecule has 0 bridgehead atoms. The number of para-hydroxylation sites is 1. The van der Waals surface area contributed by atoms with Gasteiger partial charge >= 0.3 is 6.03 Å². The van der Waals surface area contributed by atoms with Crippen molar-refractivity contribution in [3.8, 4) is 5.69 Å². The number of benzene rings is 1. The molecule has 22 heavy (non-hydrogen) atoms. The van der Waals surface area contributed by atoms with Gasteiger partial charge in [-0.15, -0.1) is 5.10 Å². The van der Waals surface area contributed by atoms with Crippen LogP contribution in [0.25, 0.3) is 5.69 Å². The molecular weight excluding hydrogens is 280 g/mol. The highest BCUT2D eigenvalue weighted by atomic mass is 16.3. The Labute approximate surface area is 129 Å². The molecule has 3 rings (SSSR count). The lowest BCUT2D eigenvalue weighted by atomic mass is 9.65. The Morgan fingerprint density at radius 3 is 2.68 bits per heavy atom. The molecule has 0 saturated heterocycles. The standard InChI is InChI=1S/C16H20N4O2/c1-16(2)12(10-13(16)21)17-15(22)18-14-8-9-20(19-14)11-6-4-3-5-7-11/h3-9,12-13,21H,10H2,1-2H3,(H2,17,18,19,22). The molecule has 1 fully saturated rings. The van der Waals surface area contributed by atoms with Gasteiger partial charge in [0.15, 0.2) is 5.82 Å². The van der Waals surface area contributed by atoms with Gasteiger partial charge in [-0.3, -0.25) is 5.32 Å². The third-order valence-electron chi connectivity index (χ3n) is 4.37. The van der Waals surface area contributed by atoms with E-state index in [4.69, 9.17) is 0 Å². The maximum Gasteiger partial charge on any atom is 0.320 e. The van der Waals surface area contributed by atoms with Gasteiger partial charge < -0.3 is 10.4 Å². The van der Waals surface area contributed by atoms with Crippen LogP contribution < -0.4 is 10.6 Å². The fourth-order valence-electron chi connectivity index (χ4n) is 2.57. The van der Waals surface area contributed by atoms with Gasteiger partial charge in [0.2, 0.25) is 0 Å². The number of hydrogen-bond acceptors (Lipinski definition) is 3. The van der Waals surface area contributed by atoms with E-state index in [0.29, 0.717) is 12.2 Å². The van der Waals surface area contributed by atoms with E-state index in [-0.39, 0.29) is 23.6 Å². The molecule has 0 spiro atoms. The zero-order valence-corrected chi connectivity index (χ0v) is 12.7. The van der Waals surface area contributed by atoms with Crippen molar-refractivity contribution in [2.45, 2.75) is 32.4 Å². The van der Waals surface area contributed by atoms with Crippen LogP contribution in [-0.4, -0.2) is 33.1 Å². The Morgan fingerprint density at radius 2 is 2.05 bits per heavy atom. The molecule has 6 nitrogen and oxygen atoms in total. The van der Waals surface area contributed by atoms with Crippen LogP contribution in [0.15, 0.2) is 42.6 Å².